The fourth-order valence-corrected chi connectivity index (χ4v) is 4.04. The van der Waals surface area contributed by atoms with Crippen molar-refractivity contribution < 1.29 is 4.74 Å². The van der Waals surface area contributed by atoms with Crippen LogP contribution in [0, 0.1) is 11.7 Å². The fraction of sp³-hybridized carbons (Fsp3) is 0.312. The molecule has 1 aromatic carbocycles. The first kappa shape index (κ1) is 14.4. The van der Waals surface area contributed by atoms with Crippen molar-refractivity contribution >= 4 is 34.6 Å². The van der Waals surface area contributed by atoms with Crippen molar-refractivity contribution in [1.82, 2.24) is 9.55 Å². The highest BCUT2D eigenvalue weighted by Gasteiger charge is 2.13. The normalized spacial score (nSPS) is 12.7. The van der Waals surface area contributed by atoms with Gasteiger partial charge >= 0.3 is 0 Å². The van der Waals surface area contributed by atoms with Gasteiger partial charge in [0.2, 0.25) is 0 Å². The highest BCUT2D eigenvalue weighted by molar-refractivity contribution is 7.71. The summed E-state index contributed by atoms with van der Waals surface area (Å²) >= 11 is 7.35. The molecule has 0 aliphatic heterocycles. The predicted octanol–water partition coefficient (Wildman–Crippen LogP) is 4.88. The number of aryl methyl sites for hydroxylation is 1. The molecule has 0 fully saturated rings. The summed E-state index contributed by atoms with van der Waals surface area (Å²) in [5.74, 6) is 0.851. The van der Waals surface area contributed by atoms with Crippen LogP contribution in [-0.2, 0) is 6.42 Å². The minimum Gasteiger partial charge on any atom is -0.497 e. The number of rotatable bonds is 4. The molecular formula is C16H18N2OS2. The molecule has 0 spiro atoms. The molecule has 110 valence electrons. The second-order valence-electron chi connectivity index (χ2n) is 5.25. The van der Waals surface area contributed by atoms with Crippen molar-refractivity contribution in [2.24, 2.45) is 0 Å². The summed E-state index contributed by atoms with van der Waals surface area (Å²) in [6, 6.07) is 10.7. The van der Waals surface area contributed by atoms with Crippen LogP contribution >= 0.6 is 23.6 Å². The lowest BCUT2D eigenvalue weighted by Crippen LogP contribution is -2.07. The van der Waals surface area contributed by atoms with E-state index >= 15 is 0 Å². The zero-order valence-corrected chi connectivity index (χ0v) is 14.0. The summed E-state index contributed by atoms with van der Waals surface area (Å²) in [6.45, 7) is 4.35. The van der Waals surface area contributed by atoms with Crippen molar-refractivity contribution in [2.45, 2.75) is 26.3 Å². The van der Waals surface area contributed by atoms with Crippen molar-refractivity contribution in [3.05, 3.63) is 44.9 Å². The zero-order valence-electron chi connectivity index (χ0n) is 12.3. The number of aromatic amines is 1. The number of benzene rings is 1. The van der Waals surface area contributed by atoms with Crippen LogP contribution in [0.15, 0.2) is 30.3 Å². The van der Waals surface area contributed by atoms with Gasteiger partial charge in [0.1, 0.15) is 5.75 Å². The SMILES string of the molecule is COc1ccc2[nH]c(=S)n(C(C)Cc3ccc(C)s3)c2c1. The Kier molecular flexibility index (Phi) is 3.87. The number of thiophene rings is 1. The van der Waals surface area contributed by atoms with Gasteiger partial charge in [-0.15, -0.1) is 11.3 Å². The molecule has 1 unspecified atom stereocenters. The number of imidazole rings is 1. The first-order chi connectivity index (χ1) is 10.1. The summed E-state index contributed by atoms with van der Waals surface area (Å²) in [5, 5.41) is 0. The third-order valence-corrected chi connectivity index (χ3v) is 4.98. The maximum absolute atomic E-state index is 5.50. The number of aromatic nitrogens is 2. The first-order valence-electron chi connectivity index (χ1n) is 6.92. The third kappa shape index (κ3) is 2.76. The van der Waals surface area contributed by atoms with Gasteiger partial charge in [-0.3, -0.25) is 0 Å². The summed E-state index contributed by atoms with van der Waals surface area (Å²) in [5.41, 5.74) is 2.15. The Morgan fingerprint density at radius 1 is 1.33 bits per heavy atom. The van der Waals surface area contributed by atoms with Crippen molar-refractivity contribution in [3.63, 3.8) is 0 Å². The largest absolute Gasteiger partial charge is 0.497 e. The molecule has 0 aliphatic rings. The smallest absolute Gasteiger partial charge is 0.178 e. The first-order valence-corrected chi connectivity index (χ1v) is 8.14. The lowest BCUT2D eigenvalue weighted by atomic mass is 10.2. The van der Waals surface area contributed by atoms with E-state index in [1.165, 1.54) is 9.75 Å². The molecule has 3 nitrogen and oxygen atoms in total. The second-order valence-corrected chi connectivity index (χ2v) is 7.01. The maximum atomic E-state index is 5.50. The molecular weight excluding hydrogens is 300 g/mol. The van der Waals surface area contributed by atoms with E-state index in [4.69, 9.17) is 17.0 Å². The van der Waals surface area contributed by atoms with Gasteiger partial charge in [0, 0.05) is 28.3 Å². The van der Waals surface area contributed by atoms with Gasteiger partial charge in [-0.25, -0.2) is 0 Å². The fourth-order valence-electron chi connectivity index (χ4n) is 2.64. The van der Waals surface area contributed by atoms with E-state index in [1.54, 1.807) is 7.11 Å². The molecule has 3 rings (SSSR count). The molecule has 1 N–H and O–H groups in total. The Morgan fingerprint density at radius 2 is 2.14 bits per heavy atom. The summed E-state index contributed by atoms with van der Waals surface area (Å²) in [6.07, 6.45) is 0.983. The van der Waals surface area contributed by atoms with E-state index in [2.05, 4.69) is 35.5 Å². The molecule has 0 saturated carbocycles. The van der Waals surface area contributed by atoms with Gasteiger partial charge in [-0.05, 0) is 50.3 Å². The number of H-pyrrole nitrogens is 1. The molecule has 1 atom stereocenters. The highest BCUT2D eigenvalue weighted by Crippen LogP contribution is 2.27. The van der Waals surface area contributed by atoms with E-state index in [0.717, 1.165) is 28.0 Å². The standard InChI is InChI=1S/C16H18N2OS2/c1-10(8-13-6-4-11(2)21-13)18-15-9-12(19-3)5-7-14(15)17-16(18)20/h4-7,9-10H,8H2,1-3H3,(H,17,20). The average Bonchev–Trinajstić information content (AvgIpc) is 3.00. The molecule has 2 aromatic heterocycles. The van der Waals surface area contributed by atoms with Crippen LogP contribution in [0.25, 0.3) is 11.0 Å². The Labute approximate surface area is 133 Å². The van der Waals surface area contributed by atoms with Gasteiger partial charge in [-0.2, -0.15) is 0 Å². The van der Waals surface area contributed by atoms with Gasteiger partial charge < -0.3 is 14.3 Å². The van der Waals surface area contributed by atoms with Crippen LogP contribution in [0.4, 0.5) is 0 Å². The van der Waals surface area contributed by atoms with Crippen molar-refractivity contribution in [3.8, 4) is 5.75 Å². The summed E-state index contributed by atoms with van der Waals surface area (Å²) < 4.78 is 8.27. The summed E-state index contributed by atoms with van der Waals surface area (Å²) in [7, 11) is 1.69. The van der Waals surface area contributed by atoms with Crippen LogP contribution < -0.4 is 4.74 Å². The quantitative estimate of drug-likeness (QED) is 0.695. The molecule has 2 heterocycles. The number of methoxy groups -OCH3 is 1. The van der Waals surface area contributed by atoms with E-state index < -0.39 is 0 Å². The lowest BCUT2D eigenvalue weighted by Gasteiger charge is -2.14. The molecule has 0 bridgehead atoms. The highest BCUT2D eigenvalue weighted by atomic mass is 32.1. The lowest BCUT2D eigenvalue weighted by molar-refractivity contribution is 0.415. The number of fused-ring (bicyclic) bond motifs is 1. The van der Waals surface area contributed by atoms with Crippen LogP contribution in [0.3, 0.4) is 0 Å². The number of nitrogens with one attached hydrogen (secondary N) is 1. The van der Waals surface area contributed by atoms with Crippen LogP contribution in [-0.4, -0.2) is 16.7 Å². The minimum absolute atomic E-state index is 0.302. The molecule has 0 amide bonds. The van der Waals surface area contributed by atoms with Crippen LogP contribution in [0.1, 0.15) is 22.7 Å². The van der Waals surface area contributed by atoms with Gasteiger partial charge in [0.05, 0.1) is 18.1 Å². The van der Waals surface area contributed by atoms with E-state index in [9.17, 15) is 0 Å². The summed E-state index contributed by atoms with van der Waals surface area (Å²) in [4.78, 5) is 6.01. The van der Waals surface area contributed by atoms with Crippen LogP contribution in [0.5, 0.6) is 5.75 Å². The van der Waals surface area contributed by atoms with Crippen molar-refractivity contribution in [1.29, 1.82) is 0 Å². The van der Waals surface area contributed by atoms with E-state index in [1.807, 2.05) is 29.5 Å². The second kappa shape index (κ2) is 5.66. The monoisotopic (exact) mass is 318 g/mol. The molecule has 0 saturated heterocycles. The van der Waals surface area contributed by atoms with E-state index in [-0.39, 0.29) is 0 Å². The van der Waals surface area contributed by atoms with Crippen LogP contribution in [0.2, 0.25) is 0 Å². The molecule has 0 aliphatic carbocycles. The van der Waals surface area contributed by atoms with Crippen molar-refractivity contribution in [2.75, 3.05) is 7.11 Å². The topological polar surface area (TPSA) is 29.9 Å². The molecule has 21 heavy (non-hydrogen) atoms. The number of ether oxygens (including phenoxy) is 1. The Balaban J connectivity index is 2.02. The van der Waals surface area contributed by atoms with Gasteiger partial charge in [0.25, 0.3) is 0 Å². The van der Waals surface area contributed by atoms with Gasteiger partial charge in [-0.1, -0.05) is 0 Å². The molecule has 3 aromatic rings. The number of hydrogen-bond donors (Lipinski definition) is 1. The predicted molar refractivity (Wildman–Crippen MR) is 91.1 cm³/mol. The Hall–Kier alpha value is -1.59. The maximum Gasteiger partial charge on any atom is 0.178 e. The molecule has 0 radical (unpaired) electrons. The third-order valence-electron chi connectivity index (χ3n) is 3.66. The Morgan fingerprint density at radius 3 is 2.81 bits per heavy atom. The van der Waals surface area contributed by atoms with E-state index in [0.29, 0.717) is 6.04 Å². The Bertz CT molecular complexity index is 828. The minimum atomic E-state index is 0.302. The number of hydrogen-bond acceptors (Lipinski definition) is 3. The zero-order chi connectivity index (χ0) is 15.0. The molecule has 5 heteroatoms. The average molecular weight is 318 g/mol. The van der Waals surface area contributed by atoms with Gasteiger partial charge in [0.15, 0.2) is 4.77 Å². The number of nitrogens with zero attached hydrogens (tertiary/aromatic N) is 1.